The van der Waals surface area contributed by atoms with E-state index in [0.29, 0.717) is 0 Å². The van der Waals surface area contributed by atoms with Crippen molar-refractivity contribution < 1.29 is 0 Å². The molecule has 0 aromatic rings. The molecule has 174 valence electrons. The molecule has 0 unspecified atom stereocenters. The van der Waals surface area contributed by atoms with Crippen molar-refractivity contribution in [3.8, 4) is 0 Å². The maximum absolute atomic E-state index is 2.57. The first-order valence-corrected chi connectivity index (χ1v) is 14.2. The van der Waals surface area contributed by atoms with Gasteiger partial charge in [0.2, 0.25) is 0 Å². The third kappa shape index (κ3) is 13.8. The fraction of sp³-hybridized carbons (Fsp3) is 1.00. The van der Waals surface area contributed by atoms with E-state index in [2.05, 4.69) is 27.7 Å². The Morgan fingerprint density at radius 1 is 0.552 bits per heavy atom. The van der Waals surface area contributed by atoms with Gasteiger partial charge in [-0.25, -0.2) is 0 Å². The minimum atomic E-state index is 0.982. The van der Waals surface area contributed by atoms with E-state index >= 15 is 0 Å². The van der Waals surface area contributed by atoms with Crippen LogP contribution in [0.4, 0.5) is 0 Å². The van der Waals surface area contributed by atoms with E-state index in [1.54, 1.807) is 0 Å². The highest BCUT2D eigenvalue weighted by molar-refractivity contribution is 4.81. The molecule has 1 saturated carbocycles. The summed E-state index contributed by atoms with van der Waals surface area (Å²) in [6.07, 6.45) is 31.1. The SMILES string of the molecule is CCCCCCCCCCC(CCCCCCCCCC)[C@@H]1C[C@H](C)CC[C@@H]1C. The van der Waals surface area contributed by atoms with E-state index < -0.39 is 0 Å². The Balaban J connectivity index is 2.26. The van der Waals surface area contributed by atoms with Crippen molar-refractivity contribution in [2.45, 2.75) is 163 Å². The monoisotopic (exact) mass is 406 g/mol. The molecule has 1 rings (SSSR count). The molecular formula is C29H58. The number of rotatable bonds is 19. The van der Waals surface area contributed by atoms with Crippen LogP contribution in [0.2, 0.25) is 0 Å². The Morgan fingerprint density at radius 2 is 0.966 bits per heavy atom. The summed E-state index contributed by atoms with van der Waals surface area (Å²) in [7, 11) is 0. The topological polar surface area (TPSA) is 0 Å². The molecule has 29 heavy (non-hydrogen) atoms. The van der Waals surface area contributed by atoms with E-state index in [1.807, 2.05) is 0 Å². The summed E-state index contributed by atoms with van der Waals surface area (Å²) in [4.78, 5) is 0. The number of hydrogen-bond donors (Lipinski definition) is 0. The van der Waals surface area contributed by atoms with Gasteiger partial charge < -0.3 is 0 Å². The molecule has 0 spiro atoms. The van der Waals surface area contributed by atoms with Gasteiger partial charge in [0.25, 0.3) is 0 Å². The second-order valence-corrected chi connectivity index (χ2v) is 10.8. The van der Waals surface area contributed by atoms with Crippen LogP contribution in [0.3, 0.4) is 0 Å². The molecule has 1 fully saturated rings. The molecule has 0 aromatic carbocycles. The Kier molecular flexibility index (Phi) is 17.5. The molecule has 1 aliphatic rings. The lowest BCUT2D eigenvalue weighted by Crippen LogP contribution is -2.28. The molecule has 0 bridgehead atoms. The Labute approximate surface area is 186 Å². The summed E-state index contributed by atoms with van der Waals surface area (Å²) >= 11 is 0. The molecule has 0 heterocycles. The molecule has 3 atom stereocenters. The molecule has 0 saturated heterocycles. The minimum Gasteiger partial charge on any atom is -0.0654 e. The third-order valence-corrected chi connectivity index (χ3v) is 7.98. The van der Waals surface area contributed by atoms with Crippen LogP contribution in [-0.4, -0.2) is 0 Å². The van der Waals surface area contributed by atoms with E-state index in [0.717, 1.165) is 23.7 Å². The third-order valence-electron chi connectivity index (χ3n) is 7.98. The zero-order valence-electron chi connectivity index (χ0n) is 21.2. The highest BCUT2D eigenvalue weighted by Crippen LogP contribution is 2.41. The van der Waals surface area contributed by atoms with Gasteiger partial charge in [0.1, 0.15) is 0 Å². The van der Waals surface area contributed by atoms with Crippen molar-refractivity contribution in [3.05, 3.63) is 0 Å². The molecule has 0 radical (unpaired) electrons. The van der Waals surface area contributed by atoms with Crippen LogP contribution in [0.25, 0.3) is 0 Å². The normalized spacial score (nSPS) is 22.4. The first kappa shape index (κ1) is 27.0. The average Bonchev–Trinajstić information content (AvgIpc) is 2.72. The van der Waals surface area contributed by atoms with Crippen LogP contribution in [0, 0.1) is 23.7 Å². The van der Waals surface area contributed by atoms with Crippen molar-refractivity contribution in [1.29, 1.82) is 0 Å². The van der Waals surface area contributed by atoms with Gasteiger partial charge >= 0.3 is 0 Å². The summed E-state index contributed by atoms with van der Waals surface area (Å²) in [5.41, 5.74) is 0. The number of hydrogen-bond acceptors (Lipinski definition) is 0. The molecule has 1 aliphatic carbocycles. The predicted octanol–water partition coefficient (Wildman–Crippen LogP) is 10.7. The lowest BCUT2D eigenvalue weighted by molar-refractivity contribution is 0.122. The summed E-state index contributed by atoms with van der Waals surface area (Å²) in [5, 5.41) is 0. The maximum Gasteiger partial charge on any atom is -0.0358 e. The number of unbranched alkanes of at least 4 members (excludes halogenated alkanes) is 14. The summed E-state index contributed by atoms with van der Waals surface area (Å²) in [5.74, 6) is 4.04. The minimum absolute atomic E-state index is 0.982. The highest BCUT2D eigenvalue weighted by Gasteiger charge is 2.31. The first-order valence-electron chi connectivity index (χ1n) is 14.2. The van der Waals surface area contributed by atoms with Gasteiger partial charge in [0.15, 0.2) is 0 Å². The lowest BCUT2D eigenvalue weighted by Gasteiger charge is -2.38. The second-order valence-electron chi connectivity index (χ2n) is 10.8. The zero-order chi connectivity index (χ0) is 21.2. The van der Waals surface area contributed by atoms with E-state index in [9.17, 15) is 0 Å². The van der Waals surface area contributed by atoms with Gasteiger partial charge in [0.05, 0.1) is 0 Å². The fourth-order valence-electron chi connectivity index (χ4n) is 5.89. The Hall–Kier alpha value is 0. The van der Waals surface area contributed by atoms with E-state index in [1.165, 1.54) is 135 Å². The zero-order valence-corrected chi connectivity index (χ0v) is 21.2. The fourth-order valence-corrected chi connectivity index (χ4v) is 5.89. The van der Waals surface area contributed by atoms with Gasteiger partial charge in [-0.2, -0.15) is 0 Å². The molecule has 0 aromatic heterocycles. The van der Waals surface area contributed by atoms with Gasteiger partial charge in [-0.3, -0.25) is 0 Å². The largest absolute Gasteiger partial charge is 0.0654 e. The summed E-state index contributed by atoms with van der Waals surface area (Å²) in [6.45, 7) is 9.73. The molecule has 0 N–H and O–H groups in total. The van der Waals surface area contributed by atoms with E-state index in [-0.39, 0.29) is 0 Å². The van der Waals surface area contributed by atoms with Crippen LogP contribution in [-0.2, 0) is 0 Å². The average molecular weight is 407 g/mol. The van der Waals surface area contributed by atoms with Crippen LogP contribution < -0.4 is 0 Å². The lowest BCUT2D eigenvalue weighted by atomic mass is 9.67. The van der Waals surface area contributed by atoms with Crippen LogP contribution in [0.1, 0.15) is 163 Å². The highest BCUT2D eigenvalue weighted by atomic mass is 14.4. The Bertz CT molecular complexity index is 313. The first-order chi connectivity index (χ1) is 14.2. The van der Waals surface area contributed by atoms with Gasteiger partial charge in [-0.15, -0.1) is 0 Å². The van der Waals surface area contributed by atoms with Crippen LogP contribution in [0.5, 0.6) is 0 Å². The van der Waals surface area contributed by atoms with Crippen molar-refractivity contribution in [1.82, 2.24) is 0 Å². The predicted molar refractivity (Wildman–Crippen MR) is 134 cm³/mol. The van der Waals surface area contributed by atoms with Crippen LogP contribution >= 0.6 is 0 Å². The standard InChI is InChI=1S/C29H58/c1-5-7-9-11-13-15-17-19-21-28(29-25-26(3)23-24-27(29)4)22-20-18-16-14-12-10-8-6-2/h26-29H,5-25H2,1-4H3/t26-,27+,29-/m1/s1. The van der Waals surface area contributed by atoms with Crippen molar-refractivity contribution in [3.63, 3.8) is 0 Å². The Morgan fingerprint density at radius 3 is 1.41 bits per heavy atom. The van der Waals surface area contributed by atoms with Crippen molar-refractivity contribution >= 4 is 0 Å². The molecule has 0 aliphatic heterocycles. The molecule has 0 heteroatoms. The smallest absolute Gasteiger partial charge is 0.0358 e. The molecule has 0 nitrogen and oxygen atoms in total. The van der Waals surface area contributed by atoms with Crippen molar-refractivity contribution in [2.75, 3.05) is 0 Å². The summed E-state index contributed by atoms with van der Waals surface area (Å²) in [6, 6.07) is 0. The molecule has 0 amide bonds. The quantitative estimate of drug-likeness (QED) is 0.187. The van der Waals surface area contributed by atoms with Gasteiger partial charge in [0, 0.05) is 0 Å². The van der Waals surface area contributed by atoms with Crippen LogP contribution in [0.15, 0.2) is 0 Å². The van der Waals surface area contributed by atoms with Gasteiger partial charge in [-0.1, -0.05) is 156 Å². The maximum atomic E-state index is 2.57. The van der Waals surface area contributed by atoms with Gasteiger partial charge in [-0.05, 0) is 30.1 Å². The van der Waals surface area contributed by atoms with Crippen molar-refractivity contribution in [2.24, 2.45) is 23.7 Å². The second kappa shape index (κ2) is 18.7. The van der Waals surface area contributed by atoms with E-state index in [4.69, 9.17) is 0 Å². The summed E-state index contributed by atoms with van der Waals surface area (Å²) < 4.78 is 0. The molecular weight excluding hydrogens is 348 g/mol.